The number of hydrogen-bond acceptors (Lipinski definition) is 10. The van der Waals surface area contributed by atoms with Crippen molar-refractivity contribution in [2.45, 2.75) is 121 Å². The Kier molecular flexibility index (Phi) is 11.0. The van der Waals surface area contributed by atoms with Crippen LogP contribution in [0.1, 0.15) is 73.6 Å². The lowest BCUT2D eigenvalue weighted by atomic mass is 9.78. The van der Waals surface area contributed by atoms with Crippen LogP contribution in [-0.2, 0) is 28.8 Å². The quantitative estimate of drug-likeness (QED) is 0.247. The van der Waals surface area contributed by atoms with Gasteiger partial charge in [0.2, 0.25) is 23.6 Å². The summed E-state index contributed by atoms with van der Waals surface area (Å²) in [7, 11) is 3.35. The third-order valence-electron chi connectivity index (χ3n) is 9.84. The lowest BCUT2D eigenvalue weighted by Crippen LogP contribution is -2.57. The molecule has 45 heavy (non-hydrogen) atoms. The van der Waals surface area contributed by atoms with Crippen LogP contribution in [0.2, 0.25) is 0 Å². The summed E-state index contributed by atoms with van der Waals surface area (Å²) in [6, 6.07) is -4.15. The fraction of sp³-hybridized carbons (Fsp3) is 0.806. The Morgan fingerprint density at radius 3 is 1.42 bits per heavy atom. The van der Waals surface area contributed by atoms with Gasteiger partial charge < -0.3 is 31.1 Å². The summed E-state index contributed by atoms with van der Waals surface area (Å²) in [4.78, 5) is 84.8. The van der Waals surface area contributed by atoms with E-state index < -0.39 is 53.5 Å². The summed E-state index contributed by atoms with van der Waals surface area (Å²) < 4.78 is 0. The maximum atomic E-state index is 14.2. The molecule has 4 amide bonds. The average molecular weight is 667 g/mol. The van der Waals surface area contributed by atoms with Crippen molar-refractivity contribution in [2.24, 2.45) is 10.8 Å². The van der Waals surface area contributed by atoms with Gasteiger partial charge in [0.15, 0.2) is 11.6 Å². The van der Waals surface area contributed by atoms with Crippen LogP contribution in [0.15, 0.2) is 0 Å². The molecule has 8 atom stereocenters. The molecule has 14 heteroatoms. The summed E-state index contributed by atoms with van der Waals surface area (Å²) in [6.45, 7) is 11.2. The number of nitrogens with one attached hydrogen (secondary N) is 4. The van der Waals surface area contributed by atoms with E-state index in [0.29, 0.717) is 37.2 Å². The number of fused-ring (bicyclic) bond motifs is 2. The molecule has 0 aromatic heterocycles. The summed E-state index contributed by atoms with van der Waals surface area (Å²) in [5.74, 6) is -0.566. The highest BCUT2D eigenvalue weighted by Crippen LogP contribution is 2.49. The molecule has 4 aliphatic heterocycles. The minimum absolute atomic E-state index is 0.236. The van der Waals surface area contributed by atoms with Crippen LogP contribution in [-0.4, -0.2) is 118 Å². The Hall–Kier alpha value is -2.16. The second-order valence-electron chi connectivity index (χ2n) is 14.2. The Bertz CT molecular complexity index is 1120. The van der Waals surface area contributed by atoms with Crippen molar-refractivity contribution in [3.63, 3.8) is 0 Å². The number of carbonyl (C=O) groups is 6. The molecule has 4 N–H and O–H groups in total. The smallest absolute Gasteiger partial charge is 0.246 e. The van der Waals surface area contributed by atoms with Gasteiger partial charge in [-0.3, -0.25) is 28.8 Å². The maximum absolute atomic E-state index is 14.2. The molecular formula is C31H50N6O6S2. The van der Waals surface area contributed by atoms with Crippen LogP contribution in [0, 0.1) is 10.8 Å². The monoisotopic (exact) mass is 666 g/mol. The van der Waals surface area contributed by atoms with E-state index in [1.54, 1.807) is 61.3 Å². The Morgan fingerprint density at radius 1 is 0.733 bits per heavy atom. The van der Waals surface area contributed by atoms with Gasteiger partial charge in [0.25, 0.3) is 0 Å². The van der Waals surface area contributed by atoms with Crippen molar-refractivity contribution in [3.05, 3.63) is 0 Å². The normalized spacial score (nSPS) is 32.1. The highest BCUT2D eigenvalue weighted by Gasteiger charge is 2.57. The molecule has 252 valence electrons. The van der Waals surface area contributed by atoms with Crippen LogP contribution in [0.5, 0.6) is 0 Å². The van der Waals surface area contributed by atoms with Gasteiger partial charge in [-0.05, 0) is 76.0 Å². The molecule has 4 fully saturated rings. The fourth-order valence-electron chi connectivity index (χ4n) is 7.14. The molecule has 0 unspecified atom stereocenters. The number of thioether (sulfide) groups is 2. The zero-order valence-electron chi connectivity index (χ0n) is 27.7. The minimum Gasteiger partial charge on any atom is -0.343 e. The average Bonchev–Trinajstić information content (AvgIpc) is 3.29. The predicted molar refractivity (Wildman–Crippen MR) is 175 cm³/mol. The molecule has 4 rings (SSSR count). The standard InChI is InChI=1S/C31H50N6O6S2/c1-16(32-7)26(40)34-18-9-11-44-22-14-30(3,4)24(36(22)28(18)42)20(38)13-21(39)25-31(5,6)15-23-37(25)29(43)19(10-12-45-23)35-27(41)17(2)33-8/h16-19,22-25,32-33H,9-15H2,1-8H3,(H,34,40)(H,35,41)/t16-,17-,18-,19-,22-,23-,24+,25+/m0/s1. The van der Waals surface area contributed by atoms with E-state index in [1.807, 2.05) is 27.7 Å². The first-order chi connectivity index (χ1) is 21.0. The zero-order valence-corrected chi connectivity index (χ0v) is 29.4. The molecule has 0 bridgehead atoms. The zero-order chi connectivity index (χ0) is 33.4. The molecule has 0 aromatic rings. The van der Waals surface area contributed by atoms with Crippen molar-refractivity contribution < 1.29 is 28.8 Å². The van der Waals surface area contributed by atoms with Crippen molar-refractivity contribution in [2.75, 3.05) is 25.6 Å². The Morgan fingerprint density at radius 2 is 1.09 bits per heavy atom. The number of ketones is 2. The molecule has 4 heterocycles. The highest BCUT2D eigenvalue weighted by molar-refractivity contribution is 8.00. The topological polar surface area (TPSA) is 157 Å². The first-order valence-corrected chi connectivity index (χ1v) is 18.0. The molecule has 0 aliphatic carbocycles. The number of rotatable bonds is 10. The third-order valence-corrected chi connectivity index (χ3v) is 12.3. The van der Waals surface area contributed by atoms with Gasteiger partial charge in [0.05, 0.1) is 41.3 Å². The van der Waals surface area contributed by atoms with Crippen LogP contribution in [0.25, 0.3) is 0 Å². The third kappa shape index (κ3) is 7.23. The van der Waals surface area contributed by atoms with Gasteiger partial charge in [-0.25, -0.2) is 0 Å². The molecule has 12 nitrogen and oxygen atoms in total. The van der Waals surface area contributed by atoms with Crippen molar-refractivity contribution in [1.29, 1.82) is 0 Å². The van der Waals surface area contributed by atoms with E-state index in [1.165, 1.54) is 0 Å². The number of nitrogens with zero attached hydrogens (tertiary/aromatic N) is 2. The molecule has 4 saturated heterocycles. The van der Waals surface area contributed by atoms with E-state index in [2.05, 4.69) is 21.3 Å². The Balaban J connectivity index is 1.56. The van der Waals surface area contributed by atoms with Crippen molar-refractivity contribution >= 4 is 58.7 Å². The SMILES string of the molecule is CN[C@@H](C)C(=O)N[C@H]1CCS[C@H]2CC(C)(C)[C@@H](C(=O)CC(=O)[C@H]3N4C(=O)[C@@H](NC(=O)[C@H](C)NC)CCS[C@H]4CC3(C)C)N2C1=O. The van der Waals surface area contributed by atoms with Crippen LogP contribution >= 0.6 is 23.5 Å². The highest BCUT2D eigenvalue weighted by atomic mass is 32.2. The van der Waals surface area contributed by atoms with Gasteiger partial charge in [-0.15, -0.1) is 23.5 Å². The summed E-state index contributed by atoms with van der Waals surface area (Å²) in [6.07, 6.45) is 1.68. The summed E-state index contributed by atoms with van der Waals surface area (Å²) in [5.41, 5.74) is -1.17. The van der Waals surface area contributed by atoms with Gasteiger partial charge in [0.1, 0.15) is 12.1 Å². The van der Waals surface area contributed by atoms with Gasteiger partial charge in [-0.2, -0.15) is 0 Å². The van der Waals surface area contributed by atoms with E-state index in [-0.39, 0.29) is 45.9 Å². The Labute approximate surface area is 275 Å². The second kappa shape index (κ2) is 13.9. The number of amides is 4. The van der Waals surface area contributed by atoms with Crippen LogP contribution in [0.3, 0.4) is 0 Å². The van der Waals surface area contributed by atoms with E-state index in [9.17, 15) is 28.8 Å². The van der Waals surface area contributed by atoms with Crippen LogP contribution in [0.4, 0.5) is 0 Å². The number of likely N-dealkylation sites (N-methyl/N-ethyl adjacent to an activating group) is 2. The molecule has 4 aliphatic rings. The van der Waals surface area contributed by atoms with E-state index >= 15 is 0 Å². The van der Waals surface area contributed by atoms with Crippen molar-refractivity contribution in [3.8, 4) is 0 Å². The van der Waals surface area contributed by atoms with Gasteiger partial charge in [0, 0.05) is 0 Å². The van der Waals surface area contributed by atoms with Gasteiger partial charge >= 0.3 is 0 Å². The molecule has 0 spiro atoms. The molecule has 0 aromatic carbocycles. The largest absolute Gasteiger partial charge is 0.343 e. The van der Waals surface area contributed by atoms with Crippen molar-refractivity contribution in [1.82, 2.24) is 31.1 Å². The van der Waals surface area contributed by atoms with Gasteiger partial charge in [-0.1, -0.05) is 27.7 Å². The fourth-order valence-corrected chi connectivity index (χ4v) is 10.3. The first kappa shape index (κ1) is 35.7. The first-order valence-electron chi connectivity index (χ1n) is 15.9. The summed E-state index contributed by atoms with van der Waals surface area (Å²) >= 11 is 3.21. The molecule has 0 saturated carbocycles. The summed E-state index contributed by atoms with van der Waals surface area (Å²) in [5, 5.41) is 11.0. The maximum Gasteiger partial charge on any atom is 0.246 e. The number of Topliss-reactive ketones (excluding diaryl/α,β-unsaturated/α-hetero) is 2. The molecular weight excluding hydrogens is 617 g/mol. The molecule has 0 radical (unpaired) electrons. The minimum atomic E-state index is -0.838. The second-order valence-corrected chi connectivity index (χ2v) is 16.7. The van der Waals surface area contributed by atoms with Crippen LogP contribution < -0.4 is 21.3 Å². The number of hydrogen-bond donors (Lipinski definition) is 4. The lowest BCUT2D eigenvalue weighted by molar-refractivity contribution is -0.146. The van der Waals surface area contributed by atoms with E-state index in [4.69, 9.17) is 0 Å². The van der Waals surface area contributed by atoms with E-state index in [0.717, 1.165) is 0 Å². The predicted octanol–water partition coefficient (Wildman–Crippen LogP) is 0.880. The number of carbonyl (C=O) groups excluding carboxylic acids is 6. The lowest BCUT2D eigenvalue weighted by Gasteiger charge is -2.36.